The fourth-order valence-corrected chi connectivity index (χ4v) is 3.50. The first-order valence-corrected chi connectivity index (χ1v) is 8.94. The number of H-pyrrole nitrogens is 1. The molecule has 0 saturated heterocycles. The molecule has 2 aromatic carbocycles. The number of rotatable bonds is 2. The quantitative estimate of drug-likeness (QED) is 0.588. The topological polar surface area (TPSA) is 70.4 Å². The van der Waals surface area contributed by atoms with E-state index in [1.54, 1.807) is 24.4 Å². The average Bonchev–Trinajstić information content (AvgIpc) is 3.01. The molecule has 0 bridgehead atoms. The Balaban J connectivity index is 1.93. The van der Waals surface area contributed by atoms with Crippen molar-refractivity contribution in [1.82, 2.24) is 9.55 Å². The Morgan fingerprint density at radius 3 is 2.81 bits per heavy atom. The molecule has 0 fully saturated rings. The number of aromatic amines is 1. The molecular weight excluding hydrogens is 414 g/mol. The second kappa shape index (κ2) is 6.51. The normalized spacial score (nSPS) is 14.0. The second-order valence-electron chi connectivity index (χ2n) is 5.69. The van der Waals surface area contributed by atoms with E-state index in [-0.39, 0.29) is 16.2 Å². The molecule has 0 atom stereocenters. The number of nitrogens with zero attached hydrogens (tertiary/aromatic N) is 2. The highest BCUT2D eigenvalue weighted by Gasteiger charge is 2.16. The molecule has 1 aliphatic rings. The van der Waals surface area contributed by atoms with Gasteiger partial charge in [-0.3, -0.25) is 19.3 Å². The maximum atomic E-state index is 12.4. The highest BCUT2D eigenvalue weighted by Crippen LogP contribution is 2.33. The molecule has 1 aromatic heterocycles. The third-order valence-corrected chi connectivity index (χ3v) is 4.82. The van der Waals surface area contributed by atoms with Crippen LogP contribution in [0.1, 0.15) is 11.1 Å². The van der Waals surface area contributed by atoms with Crippen LogP contribution in [0.2, 0.25) is 0 Å². The lowest BCUT2D eigenvalue weighted by Gasteiger charge is -2.12. The summed E-state index contributed by atoms with van der Waals surface area (Å²) in [5.74, 6) is -0.220. The summed E-state index contributed by atoms with van der Waals surface area (Å²) in [4.78, 5) is 19.4. The smallest absolute Gasteiger partial charge is 0.262 e. The minimum atomic E-state index is -0.455. The molecule has 0 unspecified atom stereocenters. The summed E-state index contributed by atoms with van der Waals surface area (Å²) in [7, 11) is 0. The first kappa shape index (κ1) is 16.7. The Morgan fingerprint density at radius 2 is 2.00 bits per heavy atom. The molecule has 0 amide bonds. The maximum absolute atomic E-state index is 12.4. The van der Waals surface area contributed by atoms with Crippen LogP contribution in [0.15, 0.2) is 62.8 Å². The predicted octanol–water partition coefficient (Wildman–Crippen LogP) is 4.62. The molecule has 3 aromatic rings. The van der Waals surface area contributed by atoms with Gasteiger partial charge in [-0.25, -0.2) is 0 Å². The zero-order valence-corrected chi connectivity index (χ0v) is 15.7. The van der Waals surface area contributed by atoms with Crippen molar-refractivity contribution in [2.75, 3.05) is 0 Å². The van der Waals surface area contributed by atoms with E-state index in [1.807, 2.05) is 36.4 Å². The highest BCUT2D eigenvalue weighted by molar-refractivity contribution is 9.10. The van der Waals surface area contributed by atoms with E-state index in [1.165, 1.54) is 4.57 Å². The van der Waals surface area contributed by atoms with Gasteiger partial charge in [0, 0.05) is 21.8 Å². The third kappa shape index (κ3) is 2.85. The number of hydrogen-bond donors (Lipinski definition) is 2. The summed E-state index contributed by atoms with van der Waals surface area (Å²) in [6.45, 7) is 0. The van der Waals surface area contributed by atoms with Crippen LogP contribution in [0.4, 0.5) is 5.69 Å². The minimum absolute atomic E-state index is 0.119. The van der Waals surface area contributed by atoms with Crippen LogP contribution < -0.4 is 5.56 Å². The third-order valence-electron chi connectivity index (χ3n) is 4.04. The van der Waals surface area contributed by atoms with Gasteiger partial charge in [-0.1, -0.05) is 40.2 Å². The Hall–Kier alpha value is -2.77. The summed E-state index contributed by atoms with van der Waals surface area (Å²) >= 11 is 8.64. The van der Waals surface area contributed by atoms with Gasteiger partial charge in [0.15, 0.2) is 4.77 Å². The first-order valence-electron chi connectivity index (χ1n) is 7.74. The molecule has 0 radical (unpaired) electrons. The van der Waals surface area contributed by atoms with Crippen molar-refractivity contribution < 1.29 is 5.11 Å². The highest BCUT2D eigenvalue weighted by atomic mass is 79.9. The van der Waals surface area contributed by atoms with Crippen molar-refractivity contribution in [3.8, 4) is 11.6 Å². The lowest BCUT2D eigenvalue weighted by Crippen LogP contribution is -2.16. The summed E-state index contributed by atoms with van der Waals surface area (Å²) in [5, 5.41) is 10.8. The van der Waals surface area contributed by atoms with Crippen LogP contribution in [-0.2, 0) is 0 Å². The van der Waals surface area contributed by atoms with Crippen LogP contribution in [0.25, 0.3) is 17.3 Å². The molecule has 2 heterocycles. The van der Waals surface area contributed by atoms with E-state index in [4.69, 9.17) is 12.2 Å². The first-order chi connectivity index (χ1) is 12.5. The summed E-state index contributed by atoms with van der Waals surface area (Å²) in [6.07, 6.45) is 3.29. The SMILES string of the molecule is O=c1[nH]c(=S)n(-c2cccc(Br)c2)c(O)c1/C=C1\C=Nc2ccccc21. The lowest BCUT2D eigenvalue weighted by molar-refractivity contribution is 0.432. The van der Waals surface area contributed by atoms with Gasteiger partial charge >= 0.3 is 0 Å². The van der Waals surface area contributed by atoms with Crippen LogP contribution in [0.3, 0.4) is 0 Å². The number of para-hydroxylation sites is 1. The molecule has 2 N–H and O–H groups in total. The fourth-order valence-electron chi connectivity index (χ4n) is 2.83. The Morgan fingerprint density at radius 1 is 1.19 bits per heavy atom. The van der Waals surface area contributed by atoms with Gasteiger partial charge in [0.25, 0.3) is 5.56 Å². The molecule has 128 valence electrons. The number of fused-ring (bicyclic) bond motifs is 1. The molecule has 5 nitrogen and oxygen atoms in total. The monoisotopic (exact) mass is 425 g/mol. The number of allylic oxidation sites excluding steroid dienone is 1. The average molecular weight is 426 g/mol. The van der Waals surface area contributed by atoms with E-state index in [2.05, 4.69) is 25.9 Å². The van der Waals surface area contributed by atoms with Crippen LogP contribution >= 0.6 is 28.1 Å². The number of aromatic nitrogens is 2. The van der Waals surface area contributed by atoms with E-state index in [0.717, 1.165) is 21.3 Å². The maximum Gasteiger partial charge on any atom is 0.262 e. The van der Waals surface area contributed by atoms with Crippen molar-refractivity contribution >= 4 is 51.7 Å². The van der Waals surface area contributed by atoms with Gasteiger partial charge in [0.05, 0.1) is 11.4 Å². The van der Waals surface area contributed by atoms with Crippen molar-refractivity contribution in [3.05, 3.63) is 79.3 Å². The van der Waals surface area contributed by atoms with Crippen LogP contribution in [0, 0.1) is 4.77 Å². The zero-order chi connectivity index (χ0) is 18.3. The van der Waals surface area contributed by atoms with E-state index >= 15 is 0 Å². The van der Waals surface area contributed by atoms with Gasteiger partial charge in [0.2, 0.25) is 5.88 Å². The second-order valence-corrected chi connectivity index (χ2v) is 6.99. The number of hydrogen-bond acceptors (Lipinski definition) is 4. The molecule has 4 rings (SSSR count). The van der Waals surface area contributed by atoms with Crippen molar-refractivity contribution in [3.63, 3.8) is 0 Å². The largest absolute Gasteiger partial charge is 0.494 e. The van der Waals surface area contributed by atoms with Gasteiger partial charge < -0.3 is 5.11 Å². The summed E-state index contributed by atoms with van der Waals surface area (Å²) < 4.78 is 2.37. The van der Waals surface area contributed by atoms with E-state index in [0.29, 0.717) is 5.69 Å². The van der Waals surface area contributed by atoms with Gasteiger partial charge in [-0.15, -0.1) is 0 Å². The minimum Gasteiger partial charge on any atom is -0.494 e. The van der Waals surface area contributed by atoms with Crippen LogP contribution in [-0.4, -0.2) is 20.9 Å². The Labute approximate surface area is 162 Å². The number of aliphatic imine (C=N–C) groups is 1. The fraction of sp³-hybridized carbons (Fsp3) is 0. The Kier molecular flexibility index (Phi) is 4.18. The Bertz CT molecular complexity index is 1210. The molecule has 0 saturated carbocycles. The number of benzene rings is 2. The zero-order valence-electron chi connectivity index (χ0n) is 13.3. The van der Waals surface area contributed by atoms with Gasteiger partial charge in [-0.2, -0.15) is 0 Å². The standard InChI is InChI=1S/C19H12BrN3O2S/c20-12-4-3-5-13(9-12)23-18(25)15(17(24)22-19(23)26)8-11-10-21-16-7-2-1-6-14(11)16/h1-10,25H,(H,22,24,26)/b11-8+. The number of aromatic hydroxyl groups is 1. The van der Waals surface area contributed by atoms with E-state index in [9.17, 15) is 9.90 Å². The number of halogens is 1. The predicted molar refractivity (Wildman–Crippen MR) is 109 cm³/mol. The van der Waals surface area contributed by atoms with E-state index < -0.39 is 5.56 Å². The number of nitrogens with one attached hydrogen (secondary N) is 1. The van der Waals surface area contributed by atoms with Crippen molar-refractivity contribution in [2.24, 2.45) is 4.99 Å². The van der Waals surface area contributed by atoms with Crippen molar-refractivity contribution in [2.45, 2.75) is 0 Å². The van der Waals surface area contributed by atoms with Gasteiger partial charge in [0.1, 0.15) is 5.56 Å². The van der Waals surface area contributed by atoms with Crippen LogP contribution in [0.5, 0.6) is 5.88 Å². The molecule has 0 aliphatic carbocycles. The molecular formula is C19H12BrN3O2S. The molecule has 7 heteroatoms. The molecule has 0 spiro atoms. The molecule has 1 aliphatic heterocycles. The summed E-state index contributed by atoms with van der Waals surface area (Å²) in [5.41, 5.74) is 2.79. The van der Waals surface area contributed by atoms with Gasteiger partial charge in [-0.05, 0) is 42.6 Å². The molecule has 26 heavy (non-hydrogen) atoms. The van der Waals surface area contributed by atoms with Crippen molar-refractivity contribution in [1.29, 1.82) is 0 Å². The summed E-state index contributed by atoms with van der Waals surface area (Å²) in [6, 6.07) is 14.9. The lowest BCUT2D eigenvalue weighted by atomic mass is 10.1.